The van der Waals surface area contributed by atoms with Crippen LogP contribution < -0.4 is 0 Å². The van der Waals surface area contributed by atoms with E-state index in [0.717, 1.165) is 5.56 Å². The number of aliphatic hydroxyl groups is 1. The number of benzene rings is 1. The van der Waals surface area contributed by atoms with Gasteiger partial charge in [0.1, 0.15) is 5.82 Å². The van der Waals surface area contributed by atoms with Gasteiger partial charge in [0.2, 0.25) is 0 Å². The zero-order valence-corrected chi connectivity index (χ0v) is 6.47. The molecule has 60 valence electrons. The van der Waals surface area contributed by atoms with E-state index in [4.69, 9.17) is 5.11 Å². The lowest BCUT2D eigenvalue weighted by atomic mass is 10.1. The molecule has 2 heteroatoms. The molecular weight excluding hydrogens is 143 g/mol. The molecule has 0 saturated heterocycles. The molecule has 0 amide bonds. The molecular formula is C9H11FO. The molecule has 0 aliphatic rings. The van der Waals surface area contributed by atoms with Crippen molar-refractivity contribution >= 4 is 0 Å². The topological polar surface area (TPSA) is 20.2 Å². The van der Waals surface area contributed by atoms with Crippen molar-refractivity contribution in [2.45, 2.75) is 13.3 Å². The first kappa shape index (κ1) is 8.21. The summed E-state index contributed by atoms with van der Waals surface area (Å²) in [6.45, 7) is 1.80. The minimum atomic E-state index is -0.198. The van der Waals surface area contributed by atoms with Crippen LogP contribution in [0.15, 0.2) is 18.2 Å². The largest absolute Gasteiger partial charge is 0.396 e. The van der Waals surface area contributed by atoms with Crippen LogP contribution in [0.5, 0.6) is 0 Å². The first-order valence-corrected chi connectivity index (χ1v) is 3.60. The highest BCUT2D eigenvalue weighted by Crippen LogP contribution is 2.11. The summed E-state index contributed by atoms with van der Waals surface area (Å²) in [5.41, 5.74) is 1.52. The van der Waals surface area contributed by atoms with Crippen molar-refractivity contribution in [2.75, 3.05) is 6.61 Å². The van der Waals surface area contributed by atoms with Gasteiger partial charge in [0.15, 0.2) is 0 Å². The van der Waals surface area contributed by atoms with Gasteiger partial charge in [0.25, 0.3) is 0 Å². The second-order valence-corrected chi connectivity index (χ2v) is 2.50. The van der Waals surface area contributed by atoms with Gasteiger partial charge in [0, 0.05) is 6.61 Å². The van der Waals surface area contributed by atoms with E-state index in [1.165, 1.54) is 6.07 Å². The van der Waals surface area contributed by atoms with Gasteiger partial charge < -0.3 is 5.11 Å². The molecule has 0 heterocycles. The Balaban J connectivity index is 2.96. The lowest BCUT2D eigenvalue weighted by molar-refractivity contribution is 0.299. The Kier molecular flexibility index (Phi) is 2.60. The van der Waals surface area contributed by atoms with Crippen LogP contribution in [0.3, 0.4) is 0 Å². The SMILES string of the molecule is Cc1c(F)cccc1CCO. The quantitative estimate of drug-likeness (QED) is 0.687. The summed E-state index contributed by atoms with van der Waals surface area (Å²) in [4.78, 5) is 0. The van der Waals surface area contributed by atoms with Crippen molar-refractivity contribution in [3.63, 3.8) is 0 Å². The molecule has 1 aromatic rings. The molecule has 0 saturated carbocycles. The fourth-order valence-corrected chi connectivity index (χ4v) is 1.04. The lowest BCUT2D eigenvalue weighted by Crippen LogP contribution is -1.95. The average molecular weight is 154 g/mol. The maximum absolute atomic E-state index is 12.8. The molecule has 1 aromatic carbocycles. The van der Waals surface area contributed by atoms with Gasteiger partial charge in [-0.15, -0.1) is 0 Å². The van der Waals surface area contributed by atoms with E-state index in [1.54, 1.807) is 13.0 Å². The summed E-state index contributed by atoms with van der Waals surface area (Å²) in [7, 11) is 0. The molecule has 1 rings (SSSR count). The third-order valence-corrected chi connectivity index (χ3v) is 1.76. The van der Waals surface area contributed by atoms with E-state index in [0.29, 0.717) is 12.0 Å². The predicted octanol–water partition coefficient (Wildman–Crippen LogP) is 1.67. The molecule has 0 aliphatic carbocycles. The van der Waals surface area contributed by atoms with Crippen molar-refractivity contribution in [2.24, 2.45) is 0 Å². The van der Waals surface area contributed by atoms with Crippen LogP contribution in [0.4, 0.5) is 4.39 Å². The molecule has 0 unspecified atom stereocenters. The lowest BCUT2D eigenvalue weighted by Gasteiger charge is -2.03. The van der Waals surface area contributed by atoms with Crippen molar-refractivity contribution in [3.05, 3.63) is 35.1 Å². The number of rotatable bonds is 2. The number of halogens is 1. The maximum atomic E-state index is 12.8. The van der Waals surface area contributed by atoms with E-state index in [-0.39, 0.29) is 12.4 Å². The van der Waals surface area contributed by atoms with Gasteiger partial charge in [-0.3, -0.25) is 0 Å². The van der Waals surface area contributed by atoms with E-state index < -0.39 is 0 Å². The maximum Gasteiger partial charge on any atom is 0.126 e. The van der Waals surface area contributed by atoms with E-state index in [9.17, 15) is 4.39 Å². The fraction of sp³-hybridized carbons (Fsp3) is 0.333. The van der Waals surface area contributed by atoms with Crippen LogP contribution in [0.2, 0.25) is 0 Å². The Bertz CT molecular complexity index is 245. The summed E-state index contributed by atoms with van der Waals surface area (Å²) in [6.07, 6.45) is 0.531. The summed E-state index contributed by atoms with van der Waals surface area (Å²) in [6, 6.07) is 4.91. The third kappa shape index (κ3) is 1.77. The molecule has 0 aromatic heterocycles. The third-order valence-electron chi connectivity index (χ3n) is 1.76. The number of hydrogen-bond donors (Lipinski definition) is 1. The van der Waals surface area contributed by atoms with Gasteiger partial charge in [-0.25, -0.2) is 4.39 Å². The highest BCUT2D eigenvalue weighted by atomic mass is 19.1. The highest BCUT2D eigenvalue weighted by molar-refractivity contribution is 5.27. The molecule has 0 bridgehead atoms. The van der Waals surface area contributed by atoms with Gasteiger partial charge in [-0.1, -0.05) is 12.1 Å². The van der Waals surface area contributed by atoms with Crippen LogP contribution in [-0.4, -0.2) is 11.7 Å². The molecule has 0 fully saturated rings. The minimum Gasteiger partial charge on any atom is -0.396 e. The second kappa shape index (κ2) is 3.49. The van der Waals surface area contributed by atoms with Crippen LogP contribution in [-0.2, 0) is 6.42 Å². The Labute approximate surface area is 65.5 Å². The number of aliphatic hydroxyl groups excluding tert-OH is 1. The summed E-state index contributed by atoms with van der Waals surface area (Å²) in [5, 5.41) is 8.61. The van der Waals surface area contributed by atoms with Crippen molar-refractivity contribution in [1.29, 1.82) is 0 Å². The molecule has 0 spiro atoms. The van der Waals surface area contributed by atoms with Crippen LogP contribution in [0.1, 0.15) is 11.1 Å². The van der Waals surface area contributed by atoms with Crippen molar-refractivity contribution in [1.82, 2.24) is 0 Å². The normalized spacial score (nSPS) is 10.1. The molecule has 1 N–H and O–H groups in total. The van der Waals surface area contributed by atoms with Crippen LogP contribution in [0, 0.1) is 12.7 Å². The van der Waals surface area contributed by atoms with Gasteiger partial charge in [-0.2, -0.15) is 0 Å². The first-order valence-electron chi connectivity index (χ1n) is 3.60. The van der Waals surface area contributed by atoms with Crippen LogP contribution in [0.25, 0.3) is 0 Å². The molecule has 0 aliphatic heterocycles. The Morgan fingerprint density at radius 3 is 2.82 bits per heavy atom. The zero-order valence-electron chi connectivity index (χ0n) is 6.47. The molecule has 1 nitrogen and oxygen atoms in total. The van der Waals surface area contributed by atoms with E-state index in [2.05, 4.69) is 0 Å². The summed E-state index contributed by atoms with van der Waals surface area (Å²) in [5.74, 6) is -0.198. The highest BCUT2D eigenvalue weighted by Gasteiger charge is 2.01. The monoisotopic (exact) mass is 154 g/mol. The summed E-state index contributed by atoms with van der Waals surface area (Å²) >= 11 is 0. The van der Waals surface area contributed by atoms with E-state index in [1.807, 2.05) is 6.07 Å². The fourth-order valence-electron chi connectivity index (χ4n) is 1.04. The van der Waals surface area contributed by atoms with E-state index >= 15 is 0 Å². The van der Waals surface area contributed by atoms with Crippen molar-refractivity contribution < 1.29 is 9.50 Å². The molecule has 0 atom stereocenters. The Morgan fingerprint density at radius 1 is 1.45 bits per heavy atom. The van der Waals surface area contributed by atoms with Gasteiger partial charge in [-0.05, 0) is 30.5 Å². The molecule has 11 heavy (non-hydrogen) atoms. The Hall–Kier alpha value is -0.890. The minimum absolute atomic E-state index is 0.0737. The smallest absolute Gasteiger partial charge is 0.126 e. The predicted molar refractivity (Wildman–Crippen MR) is 41.9 cm³/mol. The molecule has 0 radical (unpaired) electrons. The average Bonchev–Trinajstić information content (AvgIpc) is 1.99. The Morgan fingerprint density at radius 2 is 2.18 bits per heavy atom. The first-order chi connectivity index (χ1) is 5.25. The zero-order chi connectivity index (χ0) is 8.27. The van der Waals surface area contributed by atoms with Gasteiger partial charge >= 0.3 is 0 Å². The number of hydrogen-bond acceptors (Lipinski definition) is 1. The second-order valence-electron chi connectivity index (χ2n) is 2.50. The summed E-state index contributed by atoms with van der Waals surface area (Å²) < 4.78 is 12.8. The van der Waals surface area contributed by atoms with Gasteiger partial charge in [0.05, 0.1) is 0 Å². The standard InChI is InChI=1S/C9H11FO/c1-7-8(5-6-11)3-2-4-9(7)10/h2-4,11H,5-6H2,1H3. The van der Waals surface area contributed by atoms with Crippen molar-refractivity contribution in [3.8, 4) is 0 Å². The van der Waals surface area contributed by atoms with Crippen LogP contribution >= 0.6 is 0 Å².